The van der Waals surface area contributed by atoms with E-state index in [1.54, 1.807) is 13.2 Å². The van der Waals surface area contributed by atoms with Crippen molar-refractivity contribution in [2.24, 2.45) is 5.41 Å². The van der Waals surface area contributed by atoms with E-state index < -0.39 is 0 Å². The summed E-state index contributed by atoms with van der Waals surface area (Å²) in [6, 6.07) is 1.81. The number of piperazine rings is 1. The Hall–Kier alpha value is -1.58. The molecular formula is C21H34ClN5O3S. The first-order chi connectivity index (χ1) is 14.6. The molecule has 2 amide bonds. The van der Waals surface area contributed by atoms with Crippen molar-refractivity contribution in [1.82, 2.24) is 20.2 Å². The van der Waals surface area contributed by atoms with Crippen molar-refractivity contribution >= 4 is 41.0 Å². The summed E-state index contributed by atoms with van der Waals surface area (Å²) in [7, 11) is 1.64. The van der Waals surface area contributed by atoms with E-state index in [1.807, 2.05) is 4.90 Å². The van der Waals surface area contributed by atoms with E-state index in [9.17, 15) is 9.59 Å². The zero-order valence-corrected chi connectivity index (χ0v) is 20.7. The Bertz CT molecular complexity index is 759. The molecule has 31 heavy (non-hydrogen) atoms. The van der Waals surface area contributed by atoms with Gasteiger partial charge in [0.05, 0.1) is 5.75 Å². The third kappa shape index (κ3) is 8.82. The summed E-state index contributed by atoms with van der Waals surface area (Å²) < 4.78 is 4.97. The molecule has 1 N–H and O–H groups in total. The van der Waals surface area contributed by atoms with E-state index in [4.69, 9.17) is 16.3 Å². The predicted molar refractivity (Wildman–Crippen MR) is 125 cm³/mol. The average molecular weight is 472 g/mol. The van der Waals surface area contributed by atoms with Gasteiger partial charge in [-0.1, -0.05) is 44.1 Å². The monoisotopic (exact) mass is 471 g/mol. The number of nitrogens with one attached hydrogen (secondary N) is 1. The van der Waals surface area contributed by atoms with Gasteiger partial charge in [-0.15, -0.1) is 0 Å². The van der Waals surface area contributed by atoms with Gasteiger partial charge < -0.3 is 19.9 Å². The van der Waals surface area contributed by atoms with Crippen LogP contribution in [0.2, 0.25) is 5.15 Å². The summed E-state index contributed by atoms with van der Waals surface area (Å²) in [6.07, 6.45) is 1.30. The average Bonchev–Trinajstić information content (AvgIpc) is 2.68. The number of rotatable bonds is 9. The van der Waals surface area contributed by atoms with Crippen molar-refractivity contribution in [2.75, 3.05) is 50.5 Å². The van der Waals surface area contributed by atoms with Crippen LogP contribution >= 0.6 is 23.4 Å². The maximum atomic E-state index is 12.6. The molecule has 1 unspecified atom stereocenters. The third-order valence-electron chi connectivity index (χ3n) is 4.79. The Morgan fingerprint density at radius 1 is 1.32 bits per heavy atom. The van der Waals surface area contributed by atoms with Crippen molar-refractivity contribution < 1.29 is 14.3 Å². The van der Waals surface area contributed by atoms with Crippen LogP contribution in [0.5, 0.6) is 0 Å². The lowest BCUT2D eigenvalue weighted by Gasteiger charge is -2.41. The van der Waals surface area contributed by atoms with Crippen LogP contribution in [-0.4, -0.2) is 78.4 Å². The first kappa shape index (κ1) is 25.7. The molecule has 174 valence electrons. The zero-order valence-electron chi connectivity index (χ0n) is 19.1. The smallest absolute Gasteiger partial charge is 0.230 e. The Kier molecular flexibility index (Phi) is 9.84. The van der Waals surface area contributed by atoms with Crippen LogP contribution in [0, 0.1) is 5.41 Å². The Labute approximate surface area is 194 Å². The van der Waals surface area contributed by atoms with E-state index in [2.05, 4.69) is 47.9 Å². The van der Waals surface area contributed by atoms with Crippen LogP contribution in [0.3, 0.4) is 0 Å². The van der Waals surface area contributed by atoms with E-state index in [0.717, 1.165) is 12.2 Å². The molecule has 10 heteroatoms. The minimum absolute atomic E-state index is 0.0314. The highest BCUT2D eigenvalue weighted by Gasteiger charge is 2.30. The molecule has 1 aliphatic rings. The van der Waals surface area contributed by atoms with Gasteiger partial charge in [0.2, 0.25) is 11.8 Å². The molecule has 2 rings (SSSR count). The second-order valence-corrected chi connectivity index (χ2v) is 10.3. The molecule has 2 heterocycles. The normalized spacial score (nSPS) is 17.0. The van der Waals surface area contributed by atoms with Crippen LogP contribution in [0.4, 0.5) is 5.82 Å². The fourth-order valence-electron chi connectivity index (χ4n) is 3.33. The highest BCUT2D eigenvalue weighted by Crippen LogP contribution is 2.26. The Morgan fingerprint density at radius 2 is 2.06 bits per heavy atom. The minimum Gasteiger partial charge on any atom is -0.385 e. The maximum absolute atomic E-state index is 12.6. The third-order valence-corrected chi connectivity index (χ3v) is 5.83. The van der Waals surface area contributed by atoms with Gasteiger partial charge in [0.1, 0.15) is 11.0 Å². The van der Waals surface area contributed by atoms with Gasteiger partial charge in [0, 0.05) is 58.4 Å². The Morgan fingerprint density at radius 3 is 2.71 bits per heavy atom. The van der Waals surface area contributed by atoms with Gasteiger partial charge in [-0.2, -0.15) is 0 Å². The first-order valence-electron chi connectivity index (χ1n) is 10.6. The molecule has 0 spiro atoms. The summed E-state index contributed by atoms with van der Waals surface area (Å²) in [5.41, 5.74) is -0.0314. The van der Waals surface area contributed by atoms with E-state index in [1.165, 1.54) is 11.8 Å². The lowest BCUT2D eigenvalue weighted by atomic mass is 9.91. The fraction of sp³-hybridized carbons (Fsp3) is 0.714. The molecule has 8 nitrogen and oxygen atoms in total. The van der Waals surface area contributed by atoms with Crippen LogP contribution in [0.1, 0.15) is 40.5 Å². The standard InChI is InChI=1S/C21H34ClN5O3S/c1-15-13-26(8-9-27(15)19(29)12-21(2,3)4)17-11-16(22)24-20(25-17)31-14-18(28)23-7-6-10-30-5/h11,15H,6-10,12-14H2,1-5H3,(H,23,28). The molecule has 0 radical (unpaired) electrons. The number of anilines is 1. The van der Waals surface area contributed by atoms with Crippen LogP contribution in [0.25, 0.3) is 0 Å². The topological polar surface area (TPSA) is 87.7 Å². The molecule has 0 aromatic carbocycles. The fourth-order valence-corrected chi connectivity index (χ4v) is 4.24. The number of hydrogen-bond acceptors (Lipinski definition) is 7. The first-order valence-corrected chi connectivity index (χ1v) is 11.9. The number of nitrogens with zero attached hydrogens (tertiary/aromatic N) is 4. The molecule has 1 fully saturated rings. The summed E-state index contributed by atoms with van der Waals surface area (Å²) in [5, 5.41) is 3.65. The number of halogens is 1. The molecule has 1 aliphatic heterocycles. The number of thioether (sulfide) groups is 1. The molecule has 1 atom stereocenters. The van der Waals surface area contributed by atoms with Crippen LogP contribution in [0.15, 0.2) is 11.2 Å². The van der Waals surface area contributed by atoms with Crippen molar-refractivity contribution in [3.05, 3.63) is 11.2 Å². The van der Waals surface area contributed by atoms with Gasteiger partial charge in [-0.25, -0.2) is 9.97 Å². The second kappa shape index (κ2) is 11.9. The van der Waals surface area contributed by atoms with Crippen molar-refractivity contribution in [3.8, 4) is 0 Å². The van der Waals surface area contributed by atoms with Gasteiger partial charge >= 0.3 is 0 Å². The second-order valence-electron chi connectivity index (χ2n) is 8.94. The zero-order chi connectivity index (χ0) is 23.0. The molecule has 0 bridgehead atoms. The van der Waals surface area contributed by atoms with Crippen molar-refractivity contribution in [3.63, 3.8) is 0 Å². The molecule has 0 saturated carbocycles. The quantitative estimate of drug-likeness (QED) is 0.256. The van der Waals surface area contributed by atoms with Crippen molar-refractivity contribution in [1.29, 1.82) is 0 Å². The minimum atomic E-state index is -0.0779. The SMILES string of the molecule is COCCCNC(=O)CSc1nc(Cl)cc(N2CCN(C(=O)CC(C)(C)C)C(C)C2)n1. The van der Waals surface area contributed by atoms with Gasteiger partial charge in [0.25, 0.3) is 0 Å². The molecule has 0 aliphatic carbocycles. The highest BCUT2D eigenvalue weighted by atomic mass is 35.5. The molecule has 1 aromatic heterocycles. The number of hydrogen-bond donors (Lipinski definition) is 1. The van der Waals surface area contributed by atoms with Crippen LogP contribution < -0.4 is 10.2 Å². The van der Waals surface area contributed by atoms with Gasteiger partial charge in [-0.05, 0) is 18.8 Å². The predicted octanol–water partition coefficient (Wildman–Crippen LogP) is 2.85. The number of amides is 2. The van der Waals surface area contributed by atoms with E-state index >= 15 is 0 Å². The summed E-state index contributed by atoms with van der Waals surface area (Å²) in [6.45, 7) is 11.5. The summed E-state index contributed by atoms with van der Waals surface area (Å²) >= 11 is 7.48. The Balaban J connectivity index is 1.93. The molecule has 1 aromatic rings. The molecule has 1 saturated heterocycles. The number of ether oxygens (including phenoxy) is 1. The largest absolute Gasteiger partial charge is 0.385 e. The lowest BCUT2D eigenvalue weighted by Crippen LogP contribution is -2.54. The number of methoxy groups -OCH3 is 1. The maximum Gasteiger partial charge on any atom is 0.230 e. The number of carbonyl (C=O) groups excluding carboxylic acids is 2. The lowest BCUT2D eigenvalue weighted by molar-refractivity contribution is -0.135. The van der Waals surface area contributed by atoms with Gasteiger partial charge in [-0.3, -0.25) is 9.59 Å². The van der Waals surface area contributed by atoms with Gasteiger partial charge in [0.15, 0.2) is 5.16 Å². The van der Waals surface area contributed by atoms with E-state index in [0.29, 0.717) is 49.5 Å². The molecular weight excluding hydrogens is 438 g/mol. The van der Waals surface area contributed by atoms with E-state index in [-0.39, 0.29) is 29.0 Å². The number of aromatic nitrogens is 2. The number of carbonyl (C=O) groups is 2. The van der Waals surface area contributed by atoms with Crippen LogP contribution in [-0.2, 0) is 14.3 Å². The summed E-state index contributed by atoms with van der Waals surface area (Å²) in [4.78, 5) is 37.5. The highest BCUT2D eigenvalue weighted by molar-refractivity contribution is 7.99. The van der Waals surface area contributed by atoms with Crippen molar-refractivity contribution in [2.45, 2.75) is 51.7 Å². The summed E-state index contributed by atoms with van der Waals surface area (Å²) in [5.74, 6) is 1.05.